The average Bonchev–Trinajstić information content (AvgIpc) is 3.41. The summed E-state index contributed by atoms with van der Waals surface area (Å²) in [4.78, 5) is 16.3. The Kier molecular flexibility index (Phi) is 5.84. The normalized spacial score (nSPS) is 16.3. The van der Waals surface area contributed by atoms with Crippen molar-refractivity contribution < 1.29 is 9.21 Å². The number of H-pyrrole nitrogens is 1. The zero-order chi connectivity index (χ0) is 19.3. The molecule has 1 aliphatic rings. The molecule has 2 aromatic heterocycles. The van der Waals surface area contributed by atoms with Crippen molar-refractivity contribution in [2.45, 2.75) is 64.3 Å². The molecule has 1 atom stereocenters. The van der Waals surface area contributed by atoms with Crippen molar-refractivity contribution in [1.29, 1.82) is 0 Å². The predicted molar refractivity (Wildman–Crippen MR) is 112 cm³/mol. The van der Waals surface area contributed by atoms with Gasteiger partial charge in [-0.15, -0.1) is 0 Å². The van der Waals surface area contributed by atoms with Gasteiger partial charge in [-0.05, 0) is 54.4 Å². The van der Waals surface area contributed by atoms with Crippen molar-refractivity contribution in [3.05, 3.63) is 59.7 Å². The van der Waals surface area contributed by atoms with E-state index in [1.54, 1.807) is 6.26 Å². The molecule has 2 heterocycles. The Morgan fingerprint density at radius 2 is 2.07 bits per heavy atom. The highest BCUT2D eigenvalue weighted by molar-refractivity contribution is 5.87. The molecule has 148 valence electrons. The summed E-state index contributed by atoms with van der Waals surface area (Å²) in [5.41, 5.74) is 3.88. The SMILES string of the molecule is CCc1cccc2c(C(CC(=O)NCc3ccco3)C3CCCCC3)c[nH]c12. The molecule has 4 nitrogen and oxygen atoms in total. The number of rotatable bonds is 7. The molecule has 1 fully saturated rings. The predicted octanol–water partition coefficient (Wildman–Crippen LogP) is 5.69. The standard InChI is InChI=1S/C24H30N2O2/c1-2-17-10-6-12-20-22(16-26-24(17)20)21(18-8-4-3-5-9-18)14-23(27)25-15-19-11-7-13-28-19/h6-7,10-13,16,18,21,26H,2-5,8-9,14-15H2,1H3,(H,25,27). The van der Waals surface area contributed by atoms with Crippen LogP contribution in [-0.4, -0.2) is 10.9 Å². The smallest absolute Gasteiger partial charge is 0.220 e. The van der Waals surface area contributed by atoms with Gasteiger partial charge in [-0.25, -0.2) is 0 Å². The Balaban J connectivity index is 1.58. The van der Waals surface area contributed by atoms with Crippen LogP contribution in [0.3, 0.4) is 0 Å². The number of aromatic amines is 1. The monoisotopic (exact) mass is 378 g/mol. The molecule has 1 aliphatic carbocycles. The lowest BCUT2D eigenvalue weighted by Crippen LogP contribution is -2.27. The fourth-order valence-corrected chi connectivity index (χ4v) is 4.78. The van der Waals surface area contributed by atoms with E-state index in [0.717, 1.165) is 12.2 Å². The maximum absolute atomic E-state index is 12.8. The Morgan fingerprint density at radius 1 is 1.21 bits per heavy atom. The largest absolute Gasteiger partial charge is 0.467 e. The van der Waals surface area contributed by atoms with Crippen LogP contribution in [0.2, 0.25) is 0 Å². The first-order valence-electron chi connectivity index (χ1n) is 10.6. The molecule has 0 spiro atoms. The fourth-order valence-electron chi connectivity index (χ4n) is 4.78. The molecule has 1 saturated carbocycles. The topological polar surface area (TPSA) is 58.0 Å². The Labute approximate surface area is 166 Å². The Morgan fingerprint density at radius 3 is 2.82 bits per heavy atom. The van der Waals surface area contributed by atoms with Crippen LogP contribution in [0.25, 0.3) is 10.9 Å². The lowest BCUT2D eigenvalue weighted by Gasteiger charge is -2.30. The quantitative estimate of drug-likeness (QED) is 0.554. The average molecular weight is 379 g/mol. The van der Waals surface area contributed by atoms with Crippen LogP contribution in [0.4, 0.5) is 0 Å². The number of furan rings is 1. The van der Waals surface area contributed by atoms with Crippen molar-refractivity contribution >= 4 is 16.8 Å². The first kappa shape index (κ1) is 18.9. The van der Waals surface area contributed by atoms with Gasteiger partial charge in [0.15, 0.2) is 0 Å². The lowest BCUT2D eigenvalue weighted by atomic mass is 9.75. The number of nitrogens with one attached hydrogen (secondary N) is 2. The zero-order valence-corrected chi connectivity index (χ0v) is 16.7. The molecule has 2 N–H and O–H groups in total. The Bertz CT molecular complexity index is 904. The van der Waals surface area contributed by atoms with Gasteiger partial charge in [-0.2, -0.15) is 0 Å². The molecular formula is C24H30N2O2. The van der Waals surface area contributed by atoms with E-state index in [0.29, 0.717) is 18.9 Å². The second-order valence-corrected chi connectivity index (χ2v) is 8.00. The second-order valence-electron chi connectivity index (χ2n) is 8.00. The van der Waals surface area contributed by atoms with Gasteiger partial charge in [0.25, 0.3) is 0 Å². The highest BCUT2D eigenvalue weighted by Crippen LogP contribution is 2.41. The summed E-state index contributed by atoms with van der Waals surface area (Å²) in [5.74, 6) is 1.74. The lowest BCUT2D eigenvalue weighted by molar-refractivity contribution is -0.122. The second kappa shape index (κ2) is 8.68. The van der Waals surface area contributed by atoms with Gasteiger partial charge in [0.1, 0.15) is 5.76 Å². The molecule has 1 unspecified atom stereocenters. The number of aryl methyl sites for hydroxylation is 1. The van der Waals surface area contributed by atoms with E-state index in [9.17, 15) is 4.79 Å². The van der Waals surface area contributed by atoms with Gasteiger partial charge in [0, 0.05) is 23.5 Å². The third kappa shape index (κ3) is 4.01. The molecule has 1 aromatic carbocycles. The number of carbonyl (C=O) groups excluding carboxylic acids is 1. The minimum atomic E-state index is 0.105. The summed E-state index contributed by atoms with van der Waals surface area (Å²) in [5, 5.41) is 4.33. The fraction of sp³-hybridized carbons (Fsp3) is 0.458. The van der Waals surface area contributed by atoms with E-state index >= 15 is 0 Å². The summed E-state index contributed by atoms with van der Waals surface area (Å²) < 4.78 is 5.34. The maximum Gasteiger partial charge on any atom is 0.220 e. The molecule has 0 bridgehead atoms. The third-order valence-corrected chi connectivity index (χ3v) is 6.28. The molecule has 1 amide bonds. The highest BCUT2D eigenvalue weighted by Gasteiger charge is 2.29. The number of fused-ring (bicyclic) bond motifs is 1. The van der Waals surface area contributed by atoms with Crippen LogP contribution in [0.15, 0.2) is 47.2 Å². The molecule has 4 rings (SSSR count). The van der Waals surface area contributed by atoms with Gasteiger partial charge in [-0.1, -0.05) is 44.4 Å². The van der Waals surface area contributed by atoms with Crippen LogP contribution in [-0.2, 0) is 17.8 Å². The first-order valence-corrected chi connectivity index (χ1v) is 10.6. The van der Waals surface area contributed by atoms with E-state index < -0.39 is 0 Å². The first-order chi connectivity index (χ1) is 13.8. The molecule has 4 heteroatoms. The molecule has 0 radical (unpaired) electrons. The minimum absolute atomic E-state index is 0.105. The summed E-state index contributed by atoms with van der Waals surface area (Å²) >= 11 is 0. The van der Waals surface area contributed by atoms with Crippen LogP contribution in [0.5, 0.6) is 0 Å². The van der Waals surface area contributed by atoms with Gasteiger partial charge in [-0.3, -0.25) is 4.79 Å². The summed E-state index contributed by atoms with van der Waals surface area (Å²) in [6.07, 6.45) is 11.7. The van der Waals surface area contributed by atoms with Gasteiger partial charge >= 0.3 is 0 Å². The van der Waals surface area contributed by atoms with E-state index in [1.807, 2.05) is 12.1 Å². The van der Waals surface area contributed by atoms with Gasteiger partial charge in [0.05, 0.1) is 12.8 Å². The number of hydrogen-bond donors (Lipinski definition) is 2. The molecule has 0 aliphatic heterocycles. The number of amides is 1. The van der Waals surface area contributed by atoms with Gasteiger partial charge < -0.3 is 14.7 Å². The van der Waals surface area contributed by atoms with Crippen LogP contribution in [0.1, 0.15) is 68.3 Å². The van der Waals surface area contributed by atoms with E-state index in [2.05, 4.69) is 41.6 Å². The summed E-state index contributed by atoms with van der Waals surface area (Å²) in [6, 6.07) is 10.3. The number of hydrogen-bond acceptors (Lipinski definition) is 2. The van der Waals surface area contributed by atoms with Crippen LogP contribution < -0.4 is 5.32 Å². The minimum Gasteiger partial charge on any atom is -0.467 e. The van der Waals surface area contributed by atoms with Crippen molar-refractivity contribution in [3.63, 3.8) is 0 Å². The number of para-hydroxylation sites is 1. The van der Waals surface area contributed by atoms with Crippen molar-refractivity contribution in [1.82, 2.24) is 10.3 Å². The highest BCUT2D eigenvalue weighted by atomic mass is 16.3. The molecular weight excluding hydrogens is 348 g/mol. The number of benzene rings is 1. The molecule has 3 aromatic rings. The van der Waals surface area contributed by atoms with Crippen molar-refractivity contribution in [2.24, 2.45) is 5.92 Å². The van der Waals surface area contributed by atoms with Crippen molar-refractivity contribution in [3.8, 4) is 0 Å². The summed E-state index contributed by atoms with van der Waals surface area (Å²) in [6.45, 7) is 2.65. The third-order valence-electron chi connectivity index (χ3n) is 6.28. The van der Waals surface area contributed by atoms with Crippen LogP contribution in [0, 0.1) is 5.92 Å². The number of aromatic nitrogens is 1. The molecule has 28 heavy (non-hydrogen) atoms. The van der Waals surface area contributed by atoms with E-state index in [1.165, 1.54) is 54.1 Å². The van der Waals surface area contributed by atoms with Crippen LogP contribution >= 0.6 is 0 Å². The van der Waals surface area contributed by atoms with Crippen molar-refractivity contribution in [2.75, 3.05) is 0 Å². The molecule has 0 saturated heterocycles. The van der Waals surface area contributed by atoms with E-state index in [4.69, 9.17) is 4.42 Å². The summed E-state index contributed by atoms with van der Waals surface area (Å²) in [7, 11) is 0. The Hall–Kier alpha value is -2.49. The maximum atomic E-state index is 12.8. The van der Waals surface area contributed by atoms with E-state index in [-0.39, 0.29) is 11.8 Å². The zero-order valence-electron chi connectivity index (χ0n) is 16.7. The number of carbonyl (C=O) groups is 1. The van der Waals surface area contributed by atoms with Gasteiger partial charge in [0.2, 0.25) is 5.91 Å².